The monoisotopic (exact) mass is 380 g/mol. The van der Waals surface area contributed by atoms with Gasteiger partial charge in [0.1, 0.15) is 11.6 Å². The molecule has 1 aliphatic carbocycles. The highest BCUT2D eigenvalue weighted by molar-refractivity contribution is 7.89. The molecule has 11 heteroatoms. The maximum Gasteiger partial charge on any atom is 0.330 e. The number of aryl methyl sites for hydroxylation is 1. The number of fused-ring (bicyclic) bond motifs is 1. The molecule has 2 aromatic heterocycles. The van der Waals surface area contributed by atoms with Crippen molar-refractivity contribution < 1.29 is 8.42 Å². The smallest absolute Gasteiger partial charge is 0.309 e. The van der Waals surface area contributed by atoms with Gasteiger partial charge in [0.15, 0.2) is 4.90 Å². The van der Waals surface area contributed by atoms with Crippen LogP contribution in [0.25, 0.3) is 0 Å². The van der Waals surface area contributed by atoms with E-state index in [4.69, 9.17) is 0 Å². The molecule has 0 spiro atoms. The van der Waals surface area contributed by atoms with Gasteiger partial charge in [-0.15, -0.1) is 10.2 Å². The summed E-state index contributed by atoms with van der Waals surface area (Å²) in [4.78, 5) is 23.8. The first-order valence-corrected chi connectivity index (χ1v) is 9.86. The molecule has 0 radical (unpaired) electrons. The van der Waals surface area contributed by atoms with Crippen LogP contribution in [0.4, 0.5) is 0 Å². The minimum absolute atomic E-state index is 0.0540. The summed E-state index contributed by atoms with van der Waals surface area (Å²) in [5, 5.41) is 8.40. The standard InChI is InChI=1S/C15H20N6O4S/c1-9-6-20(8-12-16-17-13(21(9)12)10-4-5-10)26(24,25)11-7-18(2)15(23)19(3)14(11)22/h7,9-10H,4-6,8H2,1-3H3/t9-/m0/s1. The Morgan fingerprint density at radius 1 is 1.15 bits per heavy atom. The summed E-state index contributed by atoms with van der Waals surface area (Å²) >= 11 is 0. The molecule has 0 saturated heterocycles. The lowest BCUT2D eigenvalue weighted by Gasteiger charge is -2.31. The van der Waals surface area contributed by atoms with Crippen LogP contribution in [-0.2, 0) is 30.7 Å². The number of hydrogen-bond donors (Lipinski definition) is 0. The molecule has 3 heterocycles. The van der Waals surface area contributed by atoms with Gasteiger partial charge in [-0.05, 0) is 19.8 Å². The van der Waals surface area contributed by atoms with Gasteiger partial charge in [-0.2, -0.15) is 4.31 Å². The topological polar surface area (TPSA) is 112 Å². The number of sulfonamides is 1. The van der Waals surface area contributed by atoms with Crippen molar-refractivity contribution in [3.8, 4) is 0 Å². The first-order chi connectivity index (χ1) is 12.2. The van der Waals surface area contributed by atoms with Gasteiger partial charge in [0, 0.05) is 38.8 Å². The number of nitrogens with zero attached hydrogens (tertiary/aromatic N) is 6. The average molecular weight is 380 g/mol. The zero-order valence-electron chi connectivity index (χ0n) is 14.8. The quantitative estimate of drug-likeness (QED) is 0.697. The SMILES string of the molecule is C[C@H]1CN(S(=O)(=O)c2cn(C)c(=O)n(C)c2=O)Cc2nnc(C3CC3)n21. The largest absolute Gasteiger partial charge is 0.330 e. The molecule has 1 aliphatic heterocycles. The van der Waals surface area contributed by atoms with Crippen molar-refractivity contribution in [3.05, 3.63) is 38.7 Å². The zero-order valence-corrected chi connectivity index (χ0v) is 15.6. The minimum atomic E-state index is -4.07. The fourth-order valence-corrected chi connectivity index (χ4v) is 5.04. The van der Waals surface area contributed by atoms with Crippen LogP contribution in [0.15, 0.2) is 20.7 Å². The Morgan fingerprint density at radius 2 is 1.85 bits per heavy atom. The molecule has 140 valence electrons. The van der Waals surface area contributed by atoms with E-state index in [2.05, 4.69) is 10.2 Å². The van der Waals surface area contributed by atoms with Crippen LogP contribution in [0.3, 0.4) is 0 Å². The van der Waals surface area contributed by atoms with Crippen LogP contribution in [-0.4, -0.2) is 43.2 Å². The molecule has 2 aliphatic rings. The summed E-state index contributed by atoms with van der Waals surface area (Å²) in [5.74, 6) is 1.91. The maximum atomic E-state index is 13.1. The number of rotatable bonds is 3. The Morgan fingerprint density at radius 3 is 2.50 bits per heavy atom. The second-order valence-electron chi connectivity index (χ2n) is 7.02. The molecule has 0 unspecified atom stereocenters. The summed E-state index contributed by atoms with van der Waals surface area (Å²) in [5.41, 5.74) is -1.40. The summed E-state index contributed by atoms with van der Waals surface area (Å²) in [6.45, 7) is 2.19. The maximum absolute atomic E-state index is 13.1. The van der Waals surface area contributed by atoms with E-state index < -0.39 is 26.2 Å². The lowest BCUT2D eigenvalue weighted by molar-refractivity contribution is 0.286. The molecule has 4 rings (SSSR count). The summed E-state index contributed by atoms with van der Waals surface area (Å²) < 4.78 is 31.3. The van der Waals surface area contributed by atoms with Crippen molar-refractivity contribution in [3.63, 3.8) is 0 Å². The fourth-order valence-electron chi connectivity index (χ4n) is 3.42. The number of hydrogen-bond acceptors (Lipinski definition) is 6. The predicted molar refractivity (Wildman–Crippen MR) is 91.2 cm³/mol. The summed E-state index contributed by atoms with van der Waals surface area (Å²) in [7, 11) is -1.39. The van der Waals surface area contributed by atoms with Crippen molar-refractivity contribution in [2.45, 2.75) is 43.2 Å². The highest BCUT2D eigenvalue weighted by Crippen LogP contribution is 2.41. The van der Waals surface area contributed by atoms with E-state index in [9.17, 15) is 18.0 Å². The van der Waals surface area contributed by atoms with Crippen molar-refractivity contribution in [1.82, 2.24) is 28.2 Å². The van der Waals surface area contributed by atoms with Gasteiger partial charge in [-0.3, -0.25) is 9.36 Å². The Balaban J connectivity index is 1.76. The van der Waals surface area contributed by atoms with Gasteiger partial charge in [0.2, 0.25) is 0 Å². The molecule has 0 amide bonds. The third kappa shape index (κ3) is 2.45. The van der Waals surface area contributed by atoms with Crippen molar-refractivity contribution in [2.24, 2.45) is 14.1 Å². The Bertz CT molecular complexity index is 1110. The van der Waals surface area contributed by atoms with E-state index in [0.717, 1.165) is 34.0 Å². The van der Waals surface area contributed by atoms with Crippen molar-refractivity contribution >= 4 is 10.0 Å². The molecule has 1 fully saturated rings. The second-order valence-corrected chi connectivity index (χ2v) is 8.92. The van der Waals surface area contributed by atoms with Gasteiger partial charge in [-0.1, -0.05) is 0 Å². The van der Waals surface area contributed by atoms with E-state index in [1.165, 1.54) is 18.4 Å². The van der Waals surface area contributed by atoms with Gasteiger partial charge in [-0.25, -0.2) is 13.2 Å². The zero-order chi connectivity index (χ0) is 18.8. The molecule has 0 N–H and O–H groups in total. The summed E-state index contributed by atoms with van der Waals surface area (Å²) in [6.07, 6.45) is 3.25. The van der Waals surface area contributed by atoms with Gasteiger partial charge in [0.05, 0.1) is 6.54 Å². The van der Waals surface area contributed by atoms with Crippen molar-refractivity contribution in [1.29, 1.82) is 0 Å². The first kappa shape index (κ1) is 17.2. The van der Waals surface area contributed by atoms with E-state index in [0.29, 0.717) is 11.7 Å². The highest BCUT2D eigenvalue weighted by Gasteiger charge is 2.39. The van der Waals surface area contributed by atoms with Crippen molar-refractivity contribution in [2.75, 3.05) is 6.54 Å². The van der Waals surface area contributed by atoms with Crippen LogP contribution >= 0.6 is 0 Å². The van der Waals surface area contributed by atoms with Crippen LogP contribution in [0, 0.1) is 0 Å². The van der Waals surface area contributed by atoms with E-state index >= 15 is 0 Å². The fraction of sp³-hybridized carbons (Fsp3) is 0.600. The number of aromatic nitrogens is 5. The molecule has 1 atom stereocenters. The van der Waals surface area contributed by atoms with E-state index in [1.54, 1.807) is 0 Å². The van der Waals surface area contributed by atoms with Crippen LogP contribution < -0.4 is 11.2 Å². The van der Waals surface area contributed by atoms with Gasteiger partial charge < -0.3 is 9.13 Å². The van der Waals surface area contributed by atoms with Gasteiger partial charge in [0.25, 0.3) is 15.6 Å². The van der Waals surface area contributed by atoms with Crippen LogP contribution in [0.5, 0.6) is 0 Å². The third-order valence-electron chi connectivity index (χ3n) is 4.99. The third-order valence-corrected chi connectivity index (χ3v) is 6.79. The van der Waals surface area contributed by atoms with Crippen LogP contribution in [0.2, 0.25) is 0 Å². The van der Waals surface area contributed by atoms with Gasteiger partial charge >= 0.3 is 5.69 Å². The lowest BCUT2D eigenvalue weighted by Crippen LogP contribution is -2.45. The molecule has 26 heavy (non-hydrogen) atoms. The second kappa shape index (κ2) is 5.61. The average Bonchev–Trinajstić information content (AvgIpc) is 3.35. The Hall–Kier alpha value is -2.27. The molecule has 0 aromatic carbocycles. The normalized spacial score (nSPS) is 21.0. The Labute approximate surface area is 149 Å². The molecule has 0 bridgehead atoms. The van der Waals surface area contributed by atoms with E-state index in [1.807, 2.05) is 11.5 Å². The molecule has 10 nitrogen and oxygen atoms in total. The van der Waals surface area contributed by atoms with Crippen LogP contribution in [0.1, 0.15) is 43.4 Å². The minimum Gasteiger partial charge on any atom is -0.309 e. The predicted octanol–water partition coefficient (Wildman–Crippen LogP) is -0.682. The molecular formula is C15H20N6O4S. The lowest BCUT2D eigenvalue weighted by atomic mass is 10.2. The summed E-state index contributed by atoms with van der Waals surface area (Å²) in [6, 6.07) is -0.129. The molecular weight excluding hydrogens is 360 g/mol. The highest BCUT2D eigenvalue weighted by atomic mass is 32.2. The molecule has 2 aromatic rings. The first-order valence-electron chi connectivity index (χ1n) is 8.42. The Kier molecular flexibility index (Phi) is 3.70. The van der Waals surface area contributed by atoms with E-state index in [-0.39, 0.29) is 19.1 Å². The molecule has 1 saturated carbocycles.